The van der Waals surface area contributed by atoms with Crippen molar-refractivity contribution in [2.75, 3.05) is 17.7 Å². The highest BCUT2D eigenvalue weighted by molar-refractivity contribution is 6.35. The molecule has 0 spiro atoms. The van der Waals surface area contributed by atoms with E-state index < -0.39 is 6.03 Å². The second-order valence-electron chi connectivity index (χ2n) is 4.41. The van der Waals surface area contributed by atoms with E-state index in [1.54, 1.807) is 31.4 Å². The van der Waals surface area contributed by atoms with Crippen LogP contribution >= 0.6 is 23.2 Å². The number of carbonyl (C=O) groups is 1. The summed E-state index contributed by atoms with van der Waals surface area (Å²) in [5.74, 6) is 0.577. The third-order valence-electron chi connectivity index (χ3n) is 2.78. The number of halogens is 2. The van der Waals surface area contributed by atoms with Gasteiger partial charge in [0, 0.05) is 5.02 Å². The second-order valence-corrected chi connectivity index (χ2v) is 5.25. The predicted molar refractivity (Wildman–Crippen MR) is 86.8 cm³/mol. The Hall–Kier alpha value is -1.91. The van der Waals surface area contributed by atoms with Crippen LogP contribution in [0.4, 0.5) is 16.2 Å². The molecule has 2 N–H and O–H groups in total. The number of urea groups is 1. The minimum absolute atomic E-state index is 0.408. The first kappa shape index (κ1) is 15.5. The number of rotatable bonds is 3. The molecule has 0 aliphatic carbocycles. The van der Waals surface area contributed by atoms with E-state index in [-0.39, 0.29) is 0 Å². The predicted octanol–water partition coefficient (Wildman–Crippen LogP) is 4.95. The minimum atomic E-state index is -0.428. The number of ether oxygens (including phenoxy) is 1. The molecule has 0 heterocycles. The van der Waals surface area contributed by atoms with E-state index in [9.17, 15) is 4.79 Å². The van der Waals surface area contributed by atoms with Crippen molar-refractivity contribution in [1.82, 2.24) is 0 Å². The summed E-state index contributed by atoms with van der Waals surface area (Å²) in [5.41, 5.74) is 2.02. The van der Waals surface area contributed by atoms with Crippen LogP contribution in [0.2, 0.25) is 10.0 Å². The Morgan fingerprint density at radius 3 is 2.48 bits per heavy atom. The number of carbonyl (C=O) groups excluding carboxylic acids is 1. The van der Waals surface area contributed by atoms with Crippen molar-refractivity contribution in [2.45, 2.75) is 6.92 Å². The minimum Gasteiger partial charge on any atom is -0.495 e. The summed E-state index contributed by atoms with van der Waals surface area (Å²) in [5, 5.41) is 6.27. The summed E-state index contributed by atoms with van der Waals surface area (Å²) in [6.45, 7) is 1.93. The Kier molecular flexibility index (Phi) is 4.94. The summed E-state index contributed by atoms with van der Waals surface area (Å²) in [4.78, 5) is 12.0. The molecule has 2 amide bonds. The zero-order chi connectivity index (χ0) is 15.4. The van der Waals surface area contributed by atoms with Crippen LogP contribution in [0.1, 0.15) is 5.56 Å². The lowest BCUT2D eigenvalue weighted by Gasteiger charge is -2.12. The SMILES string of the molecule is COc1ccc(C)cc1NC(=O)Nc1cc(Cl)ccc1Cl. The van der Waals surface area contributed by atoms with Crippen LogP contribution in [0.3, 0.4) is 0 Å². The van der Waals surface area contributed by atoms with Gasteiger partial charge < -0.3 is 15.4 Å². The third-order valence-corrected chi connectivity index (χ3v) is 3.34. The molecular formula is C15H14Cl2N2O2. The summed E-state index contributed by atoms with van der Waals surface area (Å²) in [7, 11) is 1.54. The van der Waals surface area contributed by atoms with Crippen molar-refractivity contribution in [3.05, 3.63) is 52.0 Å². The number of amides is 2. The Morgan fingerprint density at radius 2 is 1.76 bits per heavy atom. The standard InChI is InChI=1S/C15H14Cl2N2O2/c1-9-3-6-14(21-2)13(7-9)19-15(20)18-12-8-10(16)4-5-11(12)17/h3-8H,1-2H3,(H2,18,19,20). The fourth-order valence-corrected chi connectivity index (χ4v) is 2.13. The van der Waals surface area contributed by atoms with Crippen LogP contribution in [0.25, 0.3) is 0 Å². The summed E-state index contributed by atoms with van der Waals surface area (Å²) in [6.07, 6.45) is 0. The molecule has 0 fully saturated rings. The number of nitrogens with one attached hydrogen (secondary N) is 2. The molecule has 0 saturated heterocycles. The fraction of sp³-hybridized carbons (Fsp3) is 0.133. The Morgan fingerprint density at radius 1 is 1.05 bits per heavy atom. The molecule has 21 heavy (non-hydrogen) atoms. The Labute approximate surface area is 133 Å². The van der Waals surface area contributed by atoms with Gasteiger partial charge in [-0.1, -0.05) is 29.3 Å². The smallest absolute Gasteiger partial charge is 0.323 e. The lowest BCUT2D eigenvalue weighted by Crippen LogP contribution is -2.20. The number of aryl methyl sites for hydroxylation is 1. The van der Waals surface area contributed by atoms with Crippen molar-refractivity contribution in [2.24, 2.45) is 0 Å². The van der Waals surface area contributed by atoms with Crippen LogP contribution in [-0.4, -0.2) is 13.1 Å². The van der Waals surface area contributed by atoms with Crippen LogP contribution in [0, 0.1) is 6.92 Å². The molecular weight excluding hydrogens is 311 g/mol. The molecule has 2 rings (SSSR count). The van der Waals surface area contributed by atoms with E-state index in [1.807, 2.05) is 19.1 Å². The van der Waals surface area contributed by atoms with Crippen molar-refractivity contribution in [3.8, 4) is 5.75 Å². The van der Waals surface area contributed by atoms with E-state index in [1.165, 1.54) is 0 Å². The van der Waals surface area contributed by atoms with Crippen molar-refractivity contribution < 1.29 is 9.53 Å². The first-order valence-corrected chi connectivity index (χ1v) is 6.93. The number of hydrogen-bond acceptors (Lipinski definition) is 2. The normalized spacial score (nSPS) is 10.1. The first-order chi connectivity index (χ1) is 9.99. The highest BCUT2D eigenvalue weighted by atomic mass is 35.5. The largest absolute Gasteiger partial charge is 0.495 e. The first-order valence-electron chi connectivity index (χ1n) is 6.17. The molecule has 0 aromatic heterocycles. The topological polar surface area (TPSA) is 50.4 Å². The van der Waals surface area contributed by atoms with Crippen molar-refractivity contribution >= 4 is 40.6 Å². The highest BCUT2D eigenvalue weighted by Gasteiger charge is 2.10. The molecule has 110 valence electrons. The zero-order valence-corrected chi connectivity index (χ0v) is 13.0. The maximum atomic E-state index is 12.0. The molecule has 0 aliphatic heterocycles. The van der Waals surface area contributed by atoms with Gasteiger partial charge in [-0.2, -0.15) is 0 Å². The average Bonchev–Trinajstić information content (AvgIpc) is 2.43. The van der Waals surface area contributed by atoms with Crippen molar-refractivity contribution in [3.63, 3.8) is 0 Å². The zero-order valence-electron chi connectivity index (χ0n) is 11.5. The molecule has 2 aromatic carbocycles. The van der Waals surface area contributed by atoms with Gasteiger partial charge in [-0.15, -0.1) is 0 Å². The van der Waals surface area contributed by atoms with Crippen LogP contribution < -0.4 is 15.4 Å². The third kappa shape index (κ3) is 4.03. The van der Waals surface area contributed by atoms with E-state index in [4.69, 9.17) is 27.9 Å². The van der Waals surface area contributed by atoms with E-state index in [0.29, 0.717) is 27.2 Å². The van der Waals surface area contributed by atoms with Crippen molar-refractivity contribution in [1.29, 1.82) is 0 Å². The molecule has 4 nitrogen and oxygen atoms in total. The molecule has 0 saturated carbocycles. The monoisotopic (exact) mass is 324 g/mol. The maximum Gasteiger partial charge on any atom is 0.323 e. The molecule has 0 radical (unpaired) electrons. The number of anilines is 2. The van der Waals surface area contributed by atoms with Crippen LogP contribution in [0.5, 0.6) is 5.75 Å². The average molecular weight is 325 g/mol. The summed E-state index contributed by atoms with van der Waals surface area (Å²) < 4.78 is 5.20. The second kappa shape index (κ2) is 6.70. The molecule has 0 aliphatic rings. The summed E-state index contributed by atoms with van der Waals surface area (Å²) >= 11 is 11.9. The van der Waals surface area contributed by atoms with Gasteiger partial charge in [0.1, 0.15) is 5.75 Å². The Balaban J connectivity index is 2.15. The van der Waals surface area contributed by atoms with Crippen LogP contribution in [-0.2, 0) is 0 Å². The van der Waals surface area contributed by atoms with Gasteiger partial charge in [-0.25, -0.2) is 4.79 Å². The molecule has 0 atom stereocenters. The number of methoxy groups -OCH3 is 1. The van der Waals surface area contributed by atoms with Gasteiger partial charge in [0.25, 0.3) is 0 Å². The van der Waals surface area contributed by atoms with E-state index in [0.717, 1.165) is 5.56 Å². The number of hydrogen-bond donors (Lipinski definition) is 2. The lowest BCUT2D eigenvalue weighted by atomic mass is 10.2. The van der Waals surface area contributed by atoms with Crippen LogP contribution in [0.15, 0.2) is 36.4 Å². The van der Waals surface area contributed by atoms with Gasteiger partial charge >= 0.3 is 6.03 Å². The fourth-order valence-electron chi connectivity index (χ4n) is 1.79. The lowest BCUT2D eigenvalue weighted by molar-refractivity contribution is 0.262. The van der Waals surface area contributed by atoms with E-state index in [2.05, 4.69) is 10.6 Å². The number of benzene rings is 2. The van der Waals surface area contributed by atoms with Gasteiger partial charge in [-0.3, -0.25) is 0 Å². The highest BCUT2D eigenvalue weighted by Crippen LogP contribution is 2.27. The van der Waals surface area contributed by atoms with E-state index >= 15 is 0 Å². The quantitative estimate of drug-likeness (QED) is 0.838. The van der Waals surface area contributed by atoms with Gasteiger partial charge in [0.05, 0.1) is 23.5 Å². The van der Waals surface area contributed by atoms with Gasteiger partial charge in [0.2, 0.25) is 0 Å². The molecule has 2 aromatic rings. The Bertz CT molecular complexity index is 675. The molecule has 0 unspecified atom stereocenters. The summed E-state index contributed by atoms with van der Waals surface area (Å²) in [6, 6.07) is 9.92. The molecule has 0 bridgehead atoms. The van der Waals surface area contributed by atoms with Gasteiger partial charge in [0.15, 0.2) is 0 Å². The molecule has 6 heteroatoms. The maximum absolute atomic E-state index is 12.0. The van der Waals surface area contributed by atoms with Gasteiger partial charge in [-0.05, 0) is 42.8 Å².